The minimum Gasteiger partial charge on any atom is -0.479 e. The summed E-state index contributed by atoms with van der Waals surface area (Å²) in [6, 6.07) is 0. The summed E-state index contributed by atoms with van der Waals surface area (Å²) in [7, 11) is 0. The SMILES string of the molecule is CCCCCCCCCCC(=O)OCC(=O)O. The van der Waals surface area contributed by atoms with Gasteiger partial charge in [0.15, 0.2) is 6.61 Å². The third-order valence-corrected chi connectivity index (χ3v) is 2.59. The maximum Gasteiger partial charge on any atom is 0.341 e. The Morgan fingerprint density at radius 1 is 0.941 bits per heavy atom. The van der Waals surface area contributed by atoms with Crippen LogP contribution in [0.3, 0.4) is 0 Å². The molecule has 0 aromatic rings. The van der Waals surface area contributed by atoms with Crippen molar-refractivity contribution in [2.75, 3.05) is 6.61 Å². The number of unbranched alkanes of at least 4 members (excludes halogenated alkanes) is 7. The number of hydrogen-bond donors (Lipinski definition) is 1. The van der Waals surface area contributed by atoms with E-state index in [2.05, 4.69) is 11.7 Å². The van der Waals surface area contributed by atoms with Crippen molar-refractivity contribution in [3.8, 4) is 0 Å². The average molecular weight is 244 g/mol. The van der Waals surface area contributed by atoms with E-state index >= 15 is 0 Å². The van der Waals surface area contributed by atoms with Crippen molar-refractivity contribution in [2.24, 2.45) is 0 Å². The molecule has 0 bridgehead atoms. The number of hydrogen-bond acceptors (Lipinski definition) is 3. The Labute approximate surface area is 103 Å². The fourth-order valence-electron chi connectivity index (χ4n) is 1.62. The summed E-state index contributed by atoms with van der Waals surface area (Å²) in [6.45, 7) is 1.68. The molecule has 4 heteroatoms. The predicted octanol–water partition coefficient (Wildman–Crippen LogP) is 3.15. The zero-order chi connectivity index (χ0) is 12.9. The van der Waals surface area contributed by atoms with Gasteiger partial charge in [0.1, 0.15) is 0 Å². The van der Waals surface area contributed by atoms with Gasteiger partial charge in [-0.2, -0.15) is 0 Å². The van der Waals surface area contributed by atoms with Crippen LogP contribution in [-0.2, 0) is 14.3 Å². The summed E-state index contributed by atoms with van der Waals surface area (Å²) in [4.78, 5) is 21.2. The minimum atomic E-state index is -1.10. The molecule has 0 radical (unpaired) electrons. The molecule has 0 amide bonds. The molecule has 0 saturated carbocycles. The van der Waals surface area contributed by atoms with Crippen molar-refractivity contribution in [3.63, 3.8) is 0 Å². The van der Waals surface area contributed by atoms with Gasteiger partial charge in [0.2, 0.25) is 0 Å². The van der Waals surface area contributed by atoms with E-state index in [1.807, 2.05) is 0 Å². The normalized spacial score (nSPS) is 10.2. The van der Waals surface area contributed by atoms with Gasteiger partial charge in [-0.15, -0.1) is 0 Å². The lowest BCUT2D eigenvalue weighted by Crippen LogP contribution is -2.12. The zero-order valence-electron chi connectivity index (χ0n) is 10.7. The van der Waals surface area contributed by atoms with Crippen LogP contribution in [-0.4, -0.2) is 23.7 Å². The molecule has 0 rings (SSSR count). The highest BCUT2D eigenvalue weighted by Gasteiger charge is 2.05. The van der Waals surface area contributed by atoms with Gasteiger partial charge in [0.25, 0.3) is 0 Å². The first-order chi connectivity index (χ1) is 8.16. The standard InChI is InChI=1S/C13H24O4/c1-2-3-4-5-6-7-8-9-10-13(16)17-11-12(14)15/h2-11H2,1H3,(H,14,15). The molecule has 0 spiro atoms. The molecule has 0 aliphatic heterocycles. The monoisotopic (exact) mass is 244 g/mol. The molecule has 0 aromatic heterocycles. The van der Waals surface area contributed by atoms with Gasteiger partial charge in [-0.25, -0.2) is 4.79 Å². The molecule has 0 aromatic carbocycles. The fourth-order valence-corrected chi connectivity index (χ4v) is 1.62. The second-order valence-corrected chi connectivity index (χ2v) is 4.28. The molecule has 100 valence electrons. The van der Waals surface area contributed by atoms with Crippen molar-refractivity contribution in [3.05, 3.63) is 0 Å². The zero-order valence-corrected chi connectivity index (χ0v) is 10.7. The van der Waals surface area contributed by atoms with E-state index < -0.39 is 18.5 Å². The van der Waals surface area contributed by atoms with E-state index in [-0.39, 0.29) is 0 Å². The molecule has 0 aliphatic carbocycles. The Hall–Kier alpha value is -1.06. The first-order valence-corrected chi connectivity index (χ1v) is 6.54. The van der Waals surface area contributed by atoms with Crippen LogP contribution in [0.5, 0.6) is 0 Å². The molecular formula is C13H24O4. The topological polar surface area (TPSA) is 63.6 Å². The van der Waals surface area contributed by atoms with E-state index in [4.69, 9.17) is 5.11 Å². The lowest BCUT2D eigenvalue weighted by atomic mass is 10.1. The van der Waals surface area contributed by atoms with Crippen LogP contribution in [0.25, 0.3) is 0 Å². The highest BCUT2D eigenvalue weighted by Crippen LogP contribution is 2.09. The smallest absolute Gasteiger partial charge is 0.341 e. The van der Waals surface area contributed by atoms with Crippen molar-refractivity contribution in [1.82, 2.24) is 0 Å². The van der Waals surface area contributed by atoms with Crippen molar-refractivity contribution in [1.29, 1.82) is 0 Å². The highest BCUT2D eigenvalue weighted by molar-refractivity contribution is 5.75. The fraction of sp³-hybridized carbons (Fsp3) is 0.846. The lowest BCUT2D eigenvalue weighted by Gasteiger charge is -2.02. The summed E-state index contributed by atoms with van der Waals surface area (Å²) in [6.07, 6.45) is 9.67. The van der Waals surface area contributed by atoms with Crippen LogP contribution in [0.4, 0.5) is 0 Å². The number of esters is 1. The molecule has 4 nitrogen and oxygen atoms in total. The number of carbonyl (C=O) groups excluding carboxylic acids is 1. The van der Waals surface area contributed by atoms with E-state index in [9.17, 15) is 9.59 Å². The number of carboxylic acids is 1. The Balaban J connectivity index is 3.16. The largest absolute Gasteiger partial charge is 0.479 e. The molecule has 0 aliphatic rings. The van der Waals surface area contributed by atoms with Crippen molar-refractivity contribution >= 4 is 11.9 Å². The third-order valence-electron chi connectivity index (χ3n) is 2.59. The number of carbonyl (C=O) groups is 2. The van der Waals surface area contributed by atoms with Gasteiger partial charge >= 0.3 is 11.9 Å². The number of carboxylic acid groups (broad SMARTS) is 1. The summed E-state index contributed by atoms with van der Waals surface area (Å²) in [5.74, 6) is -1.51. The van der Waals surface area contributed by atoms with Gasteiger partial charge in [-0.3, -0.25) is 4.79 Å². The van der Waals surface area contributed by atoms with E-state index in [0.29, 0.717) is 6.42 Å². The van der Waals surface area contributed by atoms with Crippen LogP contribution in [0.1, 0.15) is 64.7 Å². The van der Waals surface area contributed by atoms with Crippen molar-refractivity contribution < 1.29 is 19.4 Å². The molecular weight excluding hydrogens is 220 g/mol. The Morgan fingerprint density at radius 2 is 1.47 bits per heavy atom. The van der Waals surface area contributed by atoms with Gasteiger partial charge in [-0.05, 0) is 6.42 Å². The maximum atomic E-state index is 11.0. The Morgan fingerprint density at radius 3 is 2.00 bits per heavy atom. The van der Waals surface area contributed by atoms with Crippen LogP contribution < -0.4 is 0 Å². The quantitative estimate of drug-likeness (QED) is 0.448. The maximum absolute atomic E-state index is 11.0. The van der Waals surface area contributed by atoms with Crippen LogP contribution >= 0.6 is 0 Å². The van der Waals surface area contributed by atoms with Gasteiger partial charge < -0.3 is 9.84 Å². The third kappa shape index (κ3) is 12.9. The van der Waals surface area contributed by atoms with Gasteiger partial charge in [0, 0.05) is 6.42 Å². The van der Waals surface area contributed by atoms with Crippen LogP contribution in [0.2, 0.25) is 0 Å². The van der Waals surface area contributed by atoms with Crippen molar-refractivity contribution in [2.45, 2.75) is 64.7 Å². The van der Waals surface area contributed by atoms with Gasteiger partial charge in [-0.1, -0.05) is 51.9 Å². The van der Waals surface area contributed by atoms with Gasteiger partial charge in [0.05, 0.1) is 0 Å². The first-order valence-electron chi connectivity index (χ1n) is 6.54. The summed E-state index contributed by atoms with van der Waals surface area (Å²) >= 11 is 0. The summed E-state index contributed by atoms with van der Waals surface area (Å²) in [5, 5.41) is 8.30. The first kappa shape index (κ1) is 15.9. The number of ether oxygens (including phenoxy) is 1. The molecule has 0 saturated heterocycles. The molecule has 0 fully saturated rings. The molecule has 1 N–H and O–H groups in total. The van der Waals surface area contributed by atoms with E-state index in [1.54, 1.807) is 0 Å². The van der Waals surface area contributed by atoms with Crippen LogP contribution in [0.15, 0.2) is 0 Å². The molecule has 0 heterocycles. The Kier molecular flexibility index (Phi) is 10.7. The summed E-state index contributed by atoms with van der Waals surface area (Å²) < 4.78 is 4.52. The second kappa shape index (κ2) is 11.4. The van der Waals surface area contributed by atoms with E-state index in [0.717, 1.165) is 19.3 Å². The molecule has 0 atom stereocenters. The second-order valence-electron chi connectivity index (χ2n) is 4.28. The predicted molar refractivity (Wildman–Crippen MR) is 65.8 cm³/mol. The number of rotatable bonds is 11. The average Bonchev–Trinajstić information content (AvgIpc) is 2.30. The number of aliphatic carboxylic acids is 1. The molecule has 17 heavy (non-hydrogen) atoms. The Bertz CT molecular complexity index is 213. The highest BCUT2D eigenvalue weighted by atomic mass is 16.5. The van der Waals surface area contributed by atoms with E-state index in [1.165, 1.54) is 32.1 Å². The molecule has 0 unspecified atom stereocenters. The minimum absolute atomic E-state index is 0.336. The lowest BCUT2D eigenvalue weighted by molar-refractivity contribution is -0.155. The summed E-state index contributed by atoms with van der Waals surface area (Å²) in [5.41, 5.74) is 0. The van der Waals surface area contributed by atoms with Crippen LogP contribution in [0, 0.1) is 0 Å².